The number of nitrogens with one attached hydrogen (secondary N) is 1. The monoisotopic (exact) mass is 369 g/mol. The Balaban J connectivity index is 1.51. The van der Waals surface area contributed by atoms with E-state index in [0.29, 0.717) is 12.3 Å². The molecule has 1 aromatic heterocycles. The molecular formula is C21H27N3O3. The molecule has 0 unspecified atom stereocenters. The van der Waals surface area contributed by atoms with Gasteiger partial charge in [0.1, 0.15) is 5.82 Å². The summed E-state index contributed by atoms with van der Waals surface area (Å²) in [7, 11) is 1.52. The van der Waals surface area contributed by atoms with Crippen molar-refractivity contribution < 1.29 is 14.3 Å². The zero-order chi connectivity index (χ0) is 19.2. The van der Waals surface area contributed by atoms with Gasteiger partial charge in [0.05, 0.1) is 0 Å². The Bertz CT molecular complexity index is 813. The molecule has 1 fully saturated rings. The van der Waals surface area contributed by atoms with E-state index in [2.05, 4.69) is 46.4 Å². The third-order valence-corrected chi connectivity index (χ3v) is 5.21. The van der Waals surface area contributed by atoms with Gasteiger partial charge in [0, 0.05) is 38.1 Å². The number of fused-ring (bicyclic) bond motifs is 1. The average molecular weight is 369 g/mol. The highest BCUT2D eigenvalue weighted by Gasteiger charge is 2.22. The quantitative estimate of drug-likeness (QED) is 0.793. The number of amides is 1. The Hall–Kier alpha value is -2.63. The molecule has 3 rings (SSSR count). The number of carbonyl (C=O) groups is 2. The van der Waals surface area contributed by atoms with Crippen LogP contribution in [0.1, 0.15) is 31.2 Å². The summed E-state index contributed by atoms with van der Waals surface area (Å²) in [5, 5.41) is 4.85. The molecule has 1 N–H and O–H groups in total. The van der Waals surface area contributed by atoms with E-state index in [-0.39, 0.29) is 18.5 Å². The van der Waals surface area contributed by atoms with Gasteiger partial charge in [-0.25, -0.2) is 4.98 Å². The van der Waals surface area contributed by atoms with Gasteiger partial charge in [-0.15, -0.1) is 0 Å². The van der Waals surface area contributed by atoms with Gasteiger partial charge in [0.2, 0.25) is 0 Å². The molecule has 6 heteroatoms. The number of rotatable bonds is 6. The summed E-state index contributed by atoms with van der Waals surface area (Å²) in [6.07, 6.45) is 5.13. The standard InChI is InChI=1S/C21H27N3O3/c1-15-3-5-18-17(13-15)7-10-23-21(18)24-11-8-16(9-12-24)4-6-20(26)27-14-19(25)22-2/h3,5,7,10,13,16H,4,6,8-9,11-12,14H2,1-2H3,(H,22,25). The van der Waals surface area contributed by atoms with Crippen LogP contribution in [0.25, 0.3) is 10.8 Å². The minimum atomic E-state index is -0.299. The number of carbonyl (C=O) groups excluding carboxylic acids is 2. The van der Waals surface area contributed by atoms with Crippen LogP contribution in [0.15, 0.2) is 30.5 Å². The number of pyridine rings is 1. The fraction of sp³-hybridized carbons (Fsp3) is 0.476. The SMILES string of the molecule is CNC(=O)COC(=O)CCC1CCN(c2nccc3cc(C)ccc23)CC1. The van der Waals surface area contributed by atoms with Crippen molar-refractivity contribution in [2.24, 2.45) is 5.92 Å². The van der Waals surface area contributed by atoms with Gasteiger partial charge in [0.15, 0.2) is 6.61 Å². The van der Waals surface area contributed by atoms with Crippen LogP contribution in [0.3, 0.4) is 0 Å². The molecule has 0 atom stereocenters. The van der Waals surface area contributed by atoms with Crippen molar-refractivity contribution in [1.82, 2.24) is 10.3 Å². The average Bonchev–Trinajstić information content (AvgIpc) is 2.70. The largest absolute Gasteiger partial charge is 0.456 e. The van der Waals surface area contributed by atoms with Crippen LogP contribution in [0, 0.1) is 12.8 Å². The summed E-state index contributed by atoms with van der Waals surface area (Å²) in [5.41, 5.74) is 1.25. The highest BCUT2D eigenvalue weighted by atomic mass is 16.5. The third-order valence-electron chi connectivity index (χ3n) is 5.21. The minimum absolute atomic E-state index is 0.194. The first-order chi connectivity index (χ1) is 13.1. The maximum atomic E-state index is 11.7. The summed E-state index contributed by atoms with van der Waals surface area (Å²) in [5.74, 6) is 0.975. The van der Waals surface area contributed by atoms with E-state index in [0.717, 1.165) is 38.2 Å². The summed E-state index contributed by atoms with van der Waals surface area (Å²) in [4.78, 5) is 29.8. The Morgan fingerprint density at radius 2 is 2.04 bits per heavy atom. The highest BCUT2D eigenvalue weighted by molar-refractivity contribution is 5.92. The van der Waals surface area contributed by atoms with Gasteiger partial charge in [-0.1, -0.05) is 23.8 Å². The zero-order valence-corrected chi connectivity index (χ0v) is 16.0. The third kappa shape index (κ3) is 4.96. The number of hydrogen-bond acceptors (Lipinski definition) is 5. The smallest absolute Gasteiger partial charge is 0.306 e. The Morgan fingerprint density at radius 1 is 1.26 bits per heavy atom. The van der Waals surface area contributed by atoms with Gasteiger partial charge in [0.25, 0.3) is 5.91 Å². The molecule has 0 aliphatic carbocycles. The van der Waals surface area contributed by atoms with Crippen molar-refractivity contribution in [3.63, 3.8) is 0 Å². The van der Waals surface area contributed by atoms with Crippen LogP contribution in [-0.2, 0) is 14.3 Å². The van der Waals surface area contributed by atoms with E-state index in [1.54, 1.807) is 0 Å². The number of anilines is 1. The molecule has 1 amide bonds. The molecule has 0 saturated carbocycles. The van der Waals surface area contributed by atoms with Crippen LogP contribution in [0.5, 0.6) is 0 Å². The molecule has 0 radical (unpaired) electrons. The van der Waals surface area contributed by atoms with Crippen molar-refractivity contribution in [2.75, 3.05) is 31.6 Å². The van der Waals surface area contributed by atoms with Crippen LogP contribution >= 0.6 is 0 Å². The van der Waals surface area contributed by atoms with E-state index < -0.39 is 0 Å². The van der Waals surface area contributed by atoms with Gasteiger partial charge in [-0.05, 0) is 43.6 Å². The second-order valence-electron chi connectivity index (χ2n) is 7.16. The van der Waals surface area contributed by atoms with Crippen molar-refractivity contribution in [3.05, 3.63) is 36.0 Å². The lowest BCUT2D eigenvalue weighted by molar-refractivity contribution is -0.148. The molecule has 0 bridgehead atoms. The number of nitrogens with zero attached hydrogens (tertiary/aromatic N) is 2. The Labute approximate surface area is 159 Å². The molecule has 27 heavy (non-hydrogen) atoms. The number of aromatic nitrogens is 1. The number of aryl methyl sites for hydroxylation is 1. The van der Waals surface area contributed by atoms with Gasteiger partial charge >= 0.3 is 5.97 Å². The van der Waals surface area contributed by atoms with E-state index in [1.807, 2.05) is 6.20 Å². The first kappa shape index (κ1) is 19.1. The second kappa shape index (κ2) is 8.84. The number of piperidine rings is 1. The van der Waals surface area contributed by atoms with Crippen LogP contribution in [0.2, 0.25) is 0 Å². The summed E-state index contributed by atoms with van der Waals surface area (Å²) < 4.78 is 4.96. The van der Waals surface area contributed by atoms with Crippen LogP contribution in [0.4, 0.5) is 5.82 Å². The first-order valence-corrected chi connectivity index (χ1v) is 9.53. The van der Waals surface area contributed by atoms with Crippen LogP contribution in [-0.4, -0.2) is 43.6 Å². The normalized spacial score (nSPS) is 15.0. The topological polar surface area (TPSA) is 71.5 Å². The summed E-state index contributed by atoms with van der Waals surface area (Å²) in [6, 6.07) is 8.53. The van der Waals surface area contributed by atoms with Gasteiger partial charge < -0.3 is 15.0 Å². The molecule has 0 spiro atoms. The van der Waals surface area contributed by atoms with Gasteiger partial charge in [-0.3, -0.25) is 9.59 Å². The van der Waals surface area contributed by atoms with Crippen molar-refractivity contribution >= 4 is 28.5 Å². The van der Waals surface area contributed by atoms with Crippen molar-refractivity contribution in [2.45, 2.75) is 32.6 Å². The van der Waals surface area contributed by atoms with E-state index in [1.165, 1.54) is 23.4 Å². The molecule has 6 nitrogen and oxygen atoms in total. The highest BCUT2D eigenvalue weighted by Crippen LogP contribution is 2.30. The fourth-order valence-electron chi connectivity index (χ4n) is 3.58. The molecule has 1 aliphatic heterocycles. The molecule has 144 valence electrons. The Kier molecular flexibility index (Phi) is 6.27. The number of benzene rings is 1. The van der Waals surface area contributed by atoms with Crippen molar-refractivity contribution in [1.29, 1.82) is 0 Å². The molecule has 1 aromatic carbocycles. The number of ether oxygens (including phenoxy) is 1. The lowest BCUT2D eigenvalue weighted by atomic mass is 9.92. The van der Waals surface area contributed by atoms with E-state index in [9.17, 15) is 9.59 Å². The maximum absolute atomic E-state index is 11.7. The van der Waals surface area contributed by atoms with Crippen molar-refractivity contribution in [3.8, 4) is 0 Å². The maximum Gasteiger partial charge on any atom is 0.306 e. The molecule has 2 aromatic rings. The lowest BCUT2D eigenvalue weighted by Gasteiger charge is -2.33. The van der Waals surface area contributed by atoms with Crippen LogP contribution < -0.4 is 10.2 Å². The van der Waals surface area contributed by atoms with E-state index in [4.69, 9.17) is 4.74 Å². The fourth-order valence-corrected chi connectivity index (χ4v) is 3.58. The number of hydrogen-bond donors (Lipinski definition) is 1. The number of esters is 1. The van der Waals surface area contributed by atoms with Gasteiger partial charge in [-0.2, -0.15) is 0 Å². The lowest BCUT2D eigenvalue weighted by Crippen LogP contribution is -2.34. The molecule has 1 aliphatic rings. The van der Waals surface area contributed by atoms with E-state index >= 15 is 0 Å². The minimum Gasteiger partial charge on any atom is -0.456 e. The second-order valence-corrected chi connectivity index (χ2v) is 7.16. The number of likely N-dealkylation sites (N-methyl/N-ethyl adjacent to an activating group) is 1. The first-order valence-electron chi connectivity index (χ1n) is 9.53. The predicted octanol–water partition coefficient (Wildman–Crippen LogP) is 2.83. The Morgan fingerprint density at radius 3 is 2.78 bits per heavy atom. The molecule has 2 heterocycles. The molecular weight excluding hydrogens is 342 g/mol. The zero-order valence-electron chi connectivity index (χ0n) is 16.0. The predicted molar refractivity (Wildman–Crippen MR) is 106 cm³/mol. The summed E-state index contributed by atoms with van der Waals surface area (Å²) in [6.45, 7) is 3.79. The summed E-state index contributed by atoms with van der Waals surface area (Å²) >= 11 is 0. The molecule has 1 saturated heterocycles.